The highest BCUT2D eigenvalue weighted by atomic mass is 16.5. The van der Waals surface area contributed by atoms with Crippen LogP contribution in [0, 0.1) is 11.8 Å². The molecule has 0 spiro atoms. The van der Waals surface area contributed by atoms with Crippen molar-refractivity contribution in [2.75, 3.05) is 5.43 Å². The third-order valence-electron chi connectivity index (χ3n) is 4.53. The molecule has 1 aliphatic carbocycles. The molecular formula is C16H22N4O. The molecule has 1 fully saturated rings. The van der Waals surface area contributed by atoms with E-state index in [9.17, 15) is 0 Å². The van der Waals surface area contributed by atoms with E-state index in [1.807, 2.05) is 24.3 Å². The van der Waals surface area contributed by atoms with Crippen molar-refractivity contribution in [2.45, 2.75) is 39.2 Å². The minimum absolute atomic E-state index is 0.222. The Hall–Kier alpha value is -1.88. The molecule has 1 aromatic heterocycles. The Labute approximate surface area is 124 Å². The van der Waals surface area contributed by atoms with E-state index in [-0.39, 0.29) is 6.10 Å². The largest absolute Gasteiger partial charge is 0.474 e. The van der Waals surface area contributed by atoms with E-state index >= 15 is 0 Å². The van der Waals surface area contributed by atoms with Gasteiger partial charge in [0.05, 0.1) is 10.9 Å². The van der Waals surface area contributed by atoms with Crippen LogP contribution < -0.4 is 16.0 Å². The van der Waals surface area contributed by atoms with E-state index in [4.69, 9.17) is 10.6 Å². The Morgan fingerprint density at radius 1 is 1.14 bits per heavy atom. The molecule has 1 aromatic carbocycles. The number of nitrogens with two attached hydrogens (primary N) is 1. The van der Waals surface area contributed by atoms with Crippen LogP contribution in [0.15, 0.2) is 24.3 Å². The van der Waals surface area contributed by atoms with E-state index < -0.39 is 0 Å². The number of ether oxygens (including phenoxy) is 1. The van der Waals surface area contributed by atoms with Crippen molar-refractivity contribution < 1.29 is 4.74 Å². The first kappa shape index (κ1) is 14.1. The van der Waals surface area contributed by atoms with Crippen LogP contribution in [0.3, 0.4) is 0 Å². The van der Waals surface area contributed by atoms with Gasteiger partial charge in [0.2, 0.25) is 11.8 Å². The Bertz CT molecular complexity index is 631. The zero-order chi connectivity index (χ0) is 14.8. The zero-order valence-electron chi connectivity index (χ0n) is 12.5. The predicted molar refractivity (Wildman–Crippen MR) is 83.9 cm³/mol. The molecule has 0 radical (unpaired) electrons. The van der Waals surface area contributed by atoms with Crippen molar-refractivity contribution in [1.82, 2.24) is 9.97 Å². The quantitative estimate of drug-likeness (QED) is 0.670. The van der Waals surface area contributed by atoms with Crippen LogP contribution in [0.2, 0.25) is 0 Å². The SMILES string of the molecule is CC1CCC(Oc2nc(NN)nc3ccccc23)CC1C. The maximum absolute atomic E-state index is 6.18. The second kappa shape index (κ2) is 5.85. The number of hydrazine groups is 1. The fraction of sp³-hybridized carbons (Fsp3) is 0.500. The fourth-order valence-corrected chi connectivity index (χ4v) is 2.96. The molecular weight excluding hydrogens is 264 g/mol. The lowest BCUT2D eigenvalue weighted by molar-refractivity contribution is 0.0980. The molecule has 1 aliphatic rings. The number of hydrogen-bond donors (Lipinski definition) is 2. The van der Waals surface area contributed by atoms with Gasteiger partial charge in [-0.25, -0.2) is 10.8 Å². The van der Waals surface area contributed by atoms with Gasteiger partial charge in [-0.05, 0) is 43.2 Å². The lowest BCUT2D eigenvalue weighted by atomic mass is 9.80. The molecule has 3 atom stereocenters. The number of aromatic nitrogens is 2. The monoisotopic (exact) mass is 286 g/mol. The summed E-state index contributed by atoms with van der Waals surface area (Å²) < 4.78 is 6.18. The van der Waals surface area contributed by atoms with Gasteiger partial charge >= 0.3 is 0 Å². The van der Waals surface area contributed by atoms with E-state index in [1.165, 1.54) is 6.42 Å². The summed E-state index contributed by atoms with van der Waals surface area (Å²) in [6.45, 7) is 4.61. The van der Waals surface area contributed by atoms with Crippen molar-refractivity contribution in [3.05, 3.63) is 24.3 Å². The van der Waals surface area contributed by atoms with Crippen LogP contribution >= 0.6 is 0 Å². The average Bonchev–Trinajstić information content (AvgIpc) is 2.51. The lowest BCUT2D eigenvalue weighted by Crippen LogP contribution is -2.29. The summed E-state index contributed by atoms with van der Waals surface area (Å²) in [6.07, 6.45) is 3.58. The first-order valence-corrected chi connectivity index (χ1v) is 7.57. The number of para-hydroxylation sites is 1. The van der Waals surface area contributed by atoms with Gasteiger partial charge in [-0.15, -0.1) is 0 Å². The van der Waals surface area contributed by atoms with Gasteiger partial charge in [-0.1, -0.05) is 26.0 Å². The van der Waals surface area contributed by atoms with Crippen LogP contribution in [0.25, 0.3) is 10.9 Å². The van der Waals surface area contributed by atoms with Crippen molar-refractivity contribution in [3.8, 4) is 5.88 Å². The summed E-state index contributed by atoms with van der Waals surface area (Å²) in [4.78, 5) is 8.74. The highest BCUT2D eigenvalue weighted by Crippen LogP contribution is 2.33. The van der Waals surface area contributed by atoms with Crippen molar-refractivity contribution in [2.24, 2.45) is 17.7 Å². The number of nitrogens with zero attached hydrogens (tertiary/aromatic N) is 2. The van der Waals surface area contributed by atoms with E-state index in [0.29, 0.717) is 17.7 Å². The molecule has 0 amide bonds. The minimum Gasteiger partial charge on any atom is -0.474 e. The number of nitrogen functional groups attached to an aromatic ring is 1. The number of anilines is 1. The van der Waals surface area contributed by atoms with Crippen LogP contribution in [0.1, 0.15) is 33.1 Å². The highest BCUT2D eigenvalue weighted by molar-refractivity contribution is 5.84. The maximum atomic E-state index is 6.18. The molecule has 3 unspecified atom stereocenters. The molecule has 1 saturated carbocycles. The third kappa shape index (κ3) is 2.93. The molecule has 21 heavy (non-hydrogen) atoms. The Morgan fingerprint density at radius 3 is 2.71 bits per heavy atom. The normalized spacial score (nSPS) is 25.8. The van der Waals surface area contributed by atoms with Gasteiger partial charge < -0.3 is 4.74 Å². The molecule has 3 N–H and O–H groups in total. The molecule has 5 heteroatoms. The Morgan fingerprint density at radius 2 is 1.95 bits per heavy atom. The summed E-state index contributed by atoms with van der Waals surface area (Å²) in [7, 11) is 0. The van der Waals surface area contributed by atoms with Gasteiger partial charge in [0.15, 0.2) is 0 Å². The Balaban J connectivity index is 1.89. The first-order chi connectivity index (χ1) is 10.2. The van der Waals surface area contributed by atoms with Crippen molar-refractivity contribution in [1.29, 1.82) is 0 Å². The van der Waals surface area contributed by atoms with Gasteiger partial charge in [0.1, 0.15) is 6.10 Å². The molecule has 5 nitrogen and oxygen atoms in total. The summed E-state index contributed by atoms with van der Waals surface area (Å²) in [5.74, 6) is 7.92. The second-order valence-electron chi connectivity index (χ2n) is 6.02. The number of hydrogen-bond acceptors (Lipinski definition) is 5. The molecule has 0 bridgehead atoms. The first-order valence-electron chi connectivity index (χ1n) is 7.57. The summed E-state index contributed by atoms with van der Waals surface area (Å²) >= 11 is 0. The summed E-state index contributed by atoms with van der Waals surface area (Å²) in [5.41, 5.74) is 3.35. The van der Waals surface area contributed by atoms with Crippen molar-refractivity contribution >= 4 is 16.9 Å². The number of fused-ring (bicyclic) bond motifs is 1. The minimum atomic E-state index is 0.222. The summed E-state index contributed by atoms with van der Waals surface area (Å²) in [6, 6.07) is 7.85. The molecule has 0 aliphatic heterocycles. The Kier molecular flexibility index (Phi) is 3.92. The summed E-state index contributed by atoms with van der Waals surface area (Å²) in [5, 5.41) is 0.933. The van der Waals surface area contributed by atoms with Crippen molar-refractivity contribution in [3.63, 3.8) is 0 Å². The van der Waals surface area contributed by atoms with Gasteiger partial charge in [0, 0.05) is 0 Å². The average molecular weight is 286 g/mol. The number of benzene rings is 1. The molecule has 112 valence electrons. The van der Waals surface area contributed by atoms with E-state index in [1.54, 1.807) is 0 Å². The number of rotatable bonds is 3. The topological polar surface area (TPSA) is 73.1 Å². The van der Waals surface area contributed by atoms with Crippen LogP contribution in [-0.4, -0.2) is 16.1 Å². The lowest BCUT2D eigenvalue weighted by Gasteiger charge is -2.32. The third-order valence-corrected chi connectivity index (χ3v) is 4.53. The van der Waals surface area contributed by atoms with Crippen LogP contribution in [-0.2, 0) is 0 Å². The molecule has 2 aromatic rings. The van der Waals surface area contributed by atoms with Crippen LogP contribution in [0.4, 0.5) is 5.95 Å². The standard InChI is InChI=1S/C16H22N4O/c1-10-7-8-12(9-11(10)2)21-15-13-5-3-4-6-14(13)18-16(19-15)20-17/h3-6,10-12H,7-9,17H2,1-2H3,(H,18,19,20). The smallest absolute Gasteiger partial charge is 0.241 e. The molecule has 1 heterocycles. The van der Waals surface area contributed by atoms with Gasteiger partial charge in [0.25, 0.3) is 0 Å². The predicted octanol–water partition coefficient (Wildman–Crippen LogP) is 3.12. The van der Waals surface area contributed by atoms with E-state index in [2.05, 4.69) is 29.2 Å². The number of nitrogens with one attached hydrogen (secondary N) is 1. The van der Waals surface area contributed by atoms with Crippen LogP contribution in [0.5, 0.6) is 5.88 Å². The fourth-order valence-electron chi connectivity index (χ4n) is 2.96. The van der Waals surface area contributed by atoms with E-state index in [0.717, 1.165) is 29.7 Å². The van der Waals surface area contributed by atoms with Gasteiger partial charge in [-0.3, -0.25) is 5.43 Å². The second-order valence-corrected chi connectivity index (χ2v) is 6.02. The molecule has 3 rings (SSSR count). The van der Waals surface area contributed by atoms with Gasteiger partial charge in [-0.2, -0.15) is 4.98 Å². The molecule has 0 saturated heterocycles. The zero-order valence-corrected chi connectivity index (χ0v) is 12.5. The highest BCUT2D eigenvalue weighted by Gasteiger charge is 2.26. The maximum Gasteiger partial charge on any atom is 0.241 e.